The Labute approximate surface area is 370 Å². The van der Waals surface area contributed by atoms with E-state index in [2.05, 4.69) is 64.4 Å². The molecule has 4 nitrogen and oxygen atoms in total. The molecule has 328 valence electrons. The Bertz CT molecular complexity index is 810. The van der Waals surface area contributed by atoms with Gasteiger partial charge in [-0.15, -0.1) is 0 Å². The van der Waals surface area contributed by atoms with Gasteiger partial charge in [-0.3, -0.25) is 0 Å². The maximum absolute atomic E-state index is 14.1. The van der Waals surface area contributed by atoms with E-state index < -0.39 is 30.0 Å². The second-order valence-electron chi connectivity index (χ2n) is 17.3. The SMILES string of the molecule is CCCCCCCCCCCCCCCCC(CCS)(CCS)C(=O)[O][Sn]([CH3])([CH3])[O]C(=O)C(CCS)(CCS)CCCCCCCCCCCCCCCC. The molecule has 0 amide bonds. The number of hydrogen-bond donors (Lipinski definition) is 4. The first kappa shape index (κ1) is 56.1. The van der Waals surface area contributed by atoms with Gasteiger partial charge in [-0.1, -0.05) is 90.9 Å². The Balaban J connectivity index is 4.91. The van der Waals surface area contributed by atoms with Crippen molar-refractivity contribution in [3.8, 4) is 0 Å². The van der Waals surface area contributed by atoms with E-state index >= 15 is 0 Å². The normalized spacial score (nSPS) is 12.4. The van der Waals surface area contributed by atoms with Gasteiger partial charge in [0.1, 0.15) is 0 Å². The van der Waals surface area contributed by atoms with Gasteiger partial charge in [0.25, 0.3) is 0 Å². The summed E-state index contributed by atoms with van der Waals surface area (Å²) < 4.78 is 12.7. The summed E-state index contributed by atoms with van der Waals surface area (Å²) in [5.74, 6) is 2.07. The van der Waals surface area contributed by atoms with Crippen molar-refractivity contribution in [2.75, 3.05) is 23.0 Å². The molecule has 9 heteroatoms. The van der Waals surface area contributed by atoms with E-state index in [1.165, 1.54) is 154 Å². The molecule has 0 unspecified atom stereocenters. The first-order valence-corrected chi connectivity index (χ1v) is 34.1. The minimum Gasteiger partial charge on any atom is -0.0654 e. The molecule has 0 aromatic carbocycles. The van der Waals surface area contributed by atoms with Crippen LogP contribution in [0.5, 0.6) is 0 Å². The van der Waals surface area contributed by atoms with Gasteiger partial charge in [0.05, 0.1) is 0 Å². The van der Waals surface area contributed by atoms with E-state index in [0.717, 1.165) is 38.5 Å². The fourth-order valence-electron chi connectivity index (χ4n) is 8.22. The fourth-order valence-corrected chi connectivity index (χ4v) is 13.8. The summed E-state index contributed by atoms with van der Waals surface area (Å²) in [5, 5.41) is 0. The minimum absolute atomic E-state index is 0.195. The molecule has 0 heterocycles. The van der Waals surface area contributed by atoms with E-state index in [-0.39, 0.29) is 11.9 Å². The molecule has 0 bridgehead atoms. The Hall–Kier alpha value is 1.14. The molecule has 0 fully saturated rings. The Morgan fingerprint density at radius 2 is 0.564 bits per heavy atom. The van der Waals surface area contributed by atoms with Crippen LogP contribution in [-0.4, -0.2) is 54.2 Å². The quantitative estimate of drug-likeness (QED) is 0.0280. The average molecular weight is 956 g/mol. The Morgan fingerprint density at radius 3 is 0.764 bits per heavy atom. The summed E-state index contributed by atoms with van der Waals surface area (Å²) in [4.78, 5) is 32.0. The average Bonchev–Trinajstić information content (AvgIpc) is 3.14. The van der Waals surface area contributed by atoms with E-state index in [1.54, 1.807) is 0 Å². The summed E-state index contributed by atoms with van der Waals surface area (Å²) >= 11 is 14.2. The van der Waals surface area contributed by atoms with Crippen LogP contribution in [0.1, 0.15) is 232 Å². The number of unbranched alkanes of at least 4 members (excludes halogenated alkanes) is 26. The van der Waals surface area contributed by atoms with Crippen molar-refractivity contribution in [2.45, 2.75) is 242 Å². The van der Waals surface area contributed by atoms with Crippen LogP contribution in [0.15, 0.2) is 0 Å². The van der Waals surface area contributed by atoms with Crippen LogP contribution in [0.2, 0.25) is 9.88 Å². The molecule has 0 atom stereocenters. The number of thiol groups is 4. The monoisotopic (exact) mass is 956 g/mol. The maximum atomic E-state index is 14.1. The number of rotatable bonds is 42. The van der Waals surface area contributed by atoms with Gasteiger partial charge in [0, 0.05) is 0 Å². The van der Waals surface area contributed by atoms with Crippen LogP contribution < -0.4 is 0 Å². The van der Waals surface area contributed by atoms with Crippen LogP contribution in [-0.2, 0) is 15.7 Å². The van der Waals surface area contributed by atoms with Crippen LogP contribution in [0.4, 0.5) is 0 Å². The van der Waals surface area contributed by atoms with Gasteiger partial charge < -0.3 is 0 Å². The predicted octanol–water partition coefficient (Wildman–Crippen LogP) is 15.8. The van der Waals surface area contributed by atoms with E-state index in [0.29, 0.717) is 48.7 Å². The molecular weight excluding hydrogens is 863 g/mol. The molecule has 0 rings (SSSR count). The molecule has 0 aromatic heterocycles. The summed E-state index contributed by atoms with van der Waals surface area (Å²) in [6.07, 6.45) is 40.8. The molecule has 0 N–H and O–H groups in total. The van der Waals surface area contributed by atoms with Gasteiger partial charge in [-0.05, 0) is 0 Å². The third-order valence-electron chi connectivity index (χ3n) is 11.9. The van der Waals surface area contributed by atoms with Gasteiger partial charge in [-0.2, -0.15) is 0 Å². The summed E-state index contributed by atoms with van der Waals surface area (Å²) in [6.45, 7) is 4.56. The first-order chi connectivity index (χ1) is 26.6. The zero-order valence-electron chi connectivity index (χ0n) is 36.8. The van der Waals surface area contributed by atoms with E-state index in [9.17, 15) is 9.59 Å². The van der Waals surface area contributed by atoms with E-state index in [1.807, 2.05) is 9.88 Å². The van der Waals surface area contributed by atoms with Crippen LogP contribution in [0.25, 0.3) is 0 Å². The summed E-state index contributed by atoms with van der Waals surface area (Å²) in [5.41, 5.74) is -1.24. The molecule has 55 heavy (non-hydrogen) atoms. The fraction of sp³-hybridized carbons (Fsp3) is 0.957. The molecule has 0 saturated carbocycles. The molecule has 0 spiro atoms. The third kappa shape index (κ3) is 29.1. The topological polar surface area (TPSA) is 52.6 Å². The number of hydrogen-bond acceptors (Lipinski definition) is 8. The zero-order chi connectivity index (χ0) is 40.9. The minimum atomic E-state index is -4.04. The molecule has 0 aliphatic carbocycles. The summed E-state index contributed by atoms with van der Waals surface area (Å²) in [7, 11) is 0. The molecule has 0 aliphatic rings. The second-order valence-corrected chi connectivity index (χ2v) is 28.3. The van der Waals surface area contributed by atoms with E-state index in [4.69, 9.17) is 6.15 Å². The molecular formula is C46H92O4S4Sn. The van der Waals surface area contributed by atoms with Crippen LogP contribution >= 0.6 is 50.5 Å². The van der Waals surface area contributed by atoms with Crippen LogP contribution in [0, 0.1) is 10.8 Å². The van der Waals surface area contributed by atoms with Crippen molar-refractivity contribution in [1.82, 2.24) is 0 Å². The van der Waals surface area contributed by atoms with Crippen LogP contribution in [0.3, 0.4) is 0 Å². The van der Waals surface area contributed by atoms with Crippen molar-refractivity contribution in [3.05, 3.63) is 0 Å². The van der Waals surface area contributed by atoms with Crippen molar-refractivity contribution in [1.29, 1.82) is 0 Å². The van der Waals surface area contributed by atoms with Gasteiger partial charge in [0.15, 0.2) is 0 Å². The van der Waals surface area contributed by atoms with Crippen molar-refractivity contribution >= 4 is 81.7 Å². The smallest absolute Gasteiger partial charge is 0.0654 e. The number of carbonyl (C=O) groups excluding carboxylic acids is 2. The summed E-state index contributed by atoms with van der Waals surface area (Å²) in [6, 6.07) is 0. The number of carbonyl (C=O) groups is 2. The third-order valence-corrected chi connectivity index (χ3v) is 16.7. The first-order valence-electron chi connectivity index (χ1n) is 23.5. The van der Waals surface area contributed by atoms with Gasteiger partial charge in [-0.25, -0.2) is 0 Å². The molecule has 0 saturated heterocycles. The van der Waals surface area contributed by atoms with Gasteiger partial charge >= 0.3 is 282 Å². The molecule has 0 aliphatic heterocycles. The van der Waals surface area contributed by atoms with Crippen molar-refractivity contribution in [2.24, 2.45) is 10.8 Å². The zero-order valence-corrected chi connectivity index (χ0v) is 43.2. The second kappa shape index (κ2) is 38.1. The Kier molecular flexibility index (Phi) is 38.9. The Morgan fingerprint density at radius 1 is 0.364 bits per heavy atom. The van der Waals surface area contributed by atoms with Crippen molar-refractivity contribution < 1.29 is 15.7 Å². The predicted molar refractivity (Wildman–Crippen MR) is 258 cm³/mol. The molecule has 0 aromatic rings. The van der Waals surface area contributed by atoms with Crippen molar-refractivity contribution in [3.63, 3.8) is 0 Å². The standard InChI is InChI=1S/2C22H44O2S2.2CH3.Sn/c2*1-2-3-4-5-6-7-8-9-10-11-12-13-14-15-16-22(17-19-25,18-20-26)21(23)24;;;/h2*25-26H,2-20H2,1H3,(H,23,24);2*1H3;/q;;;;+2/p-2. The molecule has 0 radical (unpaired) electrons. The van der Waals surface area contributed by atoms with Gasteiger partial charge in [0.2, 0.25) is 0 Å².